The molecule has 0 bridgehead atoms. The molecule has 8 aromatic carbocycles. The standard InChI is InChI=1S/2C18H14N.4C12H10N.2Ir/c1-14-7-12-18(19-13-14)17-10-8-16(9-11-17)15-5-3-2-4-6-15;1-14-11-12-19-18(13-14)17-9-7-16(8-10-17)15-5-3-2-4-6-15;4*1-10-6-5-9-12(13-10)11-7-3-2-4-8-11;;/h2-10,12-13H,1H3;2-9,11-13H,1H3;4*2-7,9H,1H3;;/q6*-1;2*+3/i1D3;;1D3;;;;;. The molecule has 0 saturated heterocycles. The molecule has 0 amide bonds. The van der Waals surface area contributed by atoms with Crippen molar-refractivity contribution in [3.63, 3.8) is 0 Å². The Hall–Kier alpha value is -10.0. The van der Waals surface area contributed by atoms with Crippen molar-refractivity contribution < 1.29 is 48.4 Å². The van der Waals surface area contributed by atoms with Crippen molar-refractivity contribution in [1.82, 2.24) is 29.9 Å². The first-order chi connectivity index (χ1) is 46.5. The van der Waals surface area contributed by atoms with Gasteiger partial charge in [-0.15, -0.1) is 203 Å². The van der Waals surface area contributed by atoms with Crippen LogP contribution in [-0.2, 0) is 40.2 Å². The number of benzene rings is 8. The average molecular weight is 1550 g/mol. The zero-order valence-corrected chi connectivity index (χ0v) is 56.0. The largest absolute Gasteiger partial charge is 3.00 e. The molecule has 6 aromatic heterocycles. The zero-order valence-electron chi connectivity index (χ0n) is 57.2. The molecule has 0 aliphatic heterocycles. The first kappa shape index (κ1) is 60.8. The van der Waals surface area contributed by atoms with Crippen LogP contribution in [0.3, 0.4) is 0 Å². The van der Waals surface area contributed by atoms with Gasteiger partial charge < -0.3 is 29.9 Å². The average Bonchev–Trinajstić information content (AvgIpc) is 0.897. The van der Waals surface area contributed by atoms with Gasteiger partial charge in [0.15, 0.2) is 0 Å². The Morgan fingerprint density at radius 2 is 0.652 bits per heavy atom. The van der Waals surface area contributed by atoms with E-state index in [1.807, 2.05) is 251 Å². The molecule has 0 radical (unpaired) electrons. The second-order valence-electron chi connectivity index (χ2n) is 20.4. The maximum absolute atomic E-state index is 7.36. The molecule has 0 spiro atoms. The van der Waals surface area contributed by atoms with Gasteiger partial charge in [0, 0.05) is 43.4 Å². The van der Waals surface area contributed by atoms with Gasteiger partial charge in [-0.1, -0.05) is 155 Å². The van der Waals surface area contributed by atoms with E-state index in [0.29, 0.717) is 11.4 Å². The van der Waals surface area contributed by atoms with Crippen LogP contribution < -0.4 is 0 Å². The summed E-state index contributed by atoms with van der Waals surface area (Å²) in [6.07, 6.45) is 3.24. The maximum atomic E-state index is 7.36. The van der Waals surface area contributed by atoms with Crippen LogP contribution in [0, 0.1) is 77.8 Å². The third-order valence-electron chi connectivity index (χ3n) is 13.4. The first-order valence-electron chi connectivity index (χ1n) is 32.2. The molecule has 0 N–H and O–H groups in total. The molecule has 14 rings (SSSR count). The number of rotatable bonds is 8. The second-order valence-corrected chi connectivity index (χ2v) is 20.4. The molecule has 452 valence electrons. The molecule has 92 heavy (non-hydrogen) atoms. The molecule has 0 saturated carbocycles. The Morgan fingerprint density at radius 3 is 0.978 bits per heavy atom. The Balaban J connectivity index is 0.000000167. The smallest absolute Gasteiger partial charge is 0.305 e. The van der Waals surface area contributed by atoms with Crippen molar-refractivity contribution in [2.24, 2.45) is 0 Å². The van der Waals surface area contributed by atoms with Crippen LogP contribution in [-0.4, -0.2) is 29.9 Å². The second kappa shape index (κ2) is 37.2. The van der Waals surface area contributed by atoms with Crippen molar-refractivity contribution in [3.8, 4) is 89.8 Å². The van der Waals surface area contributed by atoms with Gasteiger partial charge >= 0.3 is 40.2 Å². The summed E-state index contributed by atoms with van der Waals surface area (Å²) >= 11 is 0. The van der Waals surface area contributed by atoms with Gasteiger partial charge in [-0.25, -0.2) is 0 Å². The minimum atomic E-state index is -2.16. The van der Waals surface area contributed by atoms with Gasteiger partial charge in [0.05, 0.1) is 0 Å². The van der Waals surface area contributed by atoms with Gasteiger partial charge in [-0.2, -0.15) is 0 Å². The minimum Gasteiger partial charge on any atom is -0.305 e. The summed E-state index contributed by atoms with van der Waals surface area (Å²) in [4.78, 5) is 26.0. The number of hydrogen-bond donors (Lipinski definition) is 0. The van der Waals surface area contributed by atoms with E-state index in [9.17, 15) is 0 Å². The van der Waals surface area contributed by atoms with E-state index in [4.69, 9.17) is 8.22 Å². The Morgan fingerprint density at radius 1 is 0.272 bits per heavy atom. The van der Waals surface area contributed by atoms with Crippen LogP contribution in [0.15, 0.2) is 304 Å². The zero-order chi connectivity index (χ0) is 67.5. The topological polar surface area (TPSA) is 77.3 Å². The van der Waals surface area contributed by atoms with Crippen molar-refractivity contribution in [1.29, 1.82) is 0 Å². The van der Waals surface area contributed by atoms with Crippen molar-refractivity contribution in [2.75, 3.05) is 0 Å². The third-order valence-corrected chi connectivity index (χ3v) is 13.4. The van der Waals surface area contributed by atoms with E-state index in [2.05, 4.69) is 104 Å². The SMILES string of the molecule is Cc1cccc(-c2[c-]cccc2)n1.Cc1cccc(-c2[c-]cccc2)n1.Cc1cccc(-c2[c-]cccc2)n1.Cc1ccnc(-c2[c-]cc(-c3ccccc3)cc2)c1.[2H]C([2H])([2H])c1ccc(-c2[c-]cc(-c3ccccc3)cc2)nc1.[2H]C([2H])([2H])c1cccc(-c2[c-]cccc2)n1.[Ir+3].[Ir+3]. The Bertz CT molecular complexity index is 4420. The molecule has 0 aliphatic rings. The fraction of sp³-hybridized carbons (Fsp3) is 0.0714. The first-order valence-corrected chi connectivity index (χ1v) is 29.2. The summed E-state index contributed by atoms with van der Waals surface area (Å²) in [5, 5.41) is 0. The van der Waals surface area contributed by atoms with Crippen LogP contribution in [0.25, 0.3) is 89.8 Å². The predicted octanol–water partition coefficient (Wildman–Crippen LogP) is 20.5. The number of aryl methyl sites for hydroxylation is 6. The fourth-order valence-corrected chi connectivity index (χ4v) is 8.90. The normalized spacial score (nSPS) is 11.1. The molecule has 14 aromatic rings. The van der Waals surface area contributed by atoms with E-state index >= 15 is 0 Å². The summed E-state index contributed by atoms with van der Waals surface area (Å²) in [6, 6.07) is 113. The van der Waals surface area contributed by atoms with Gasteiger partial charge in [0.1, 0.15) is 0 Å². The van der Waals surface area contributed by atoms with Crippen LogP contribution in [0.4, 0.5) is 0 Å². The van der Waals surface area contributed by atoms with E-state index in [1.165, 1.54) is 29.0 Å². The van der Waals surface area contributed by atoms with Crippen LogP contribution in [0.2, 0.25) is 0 Å². The fourth-order valence-electron chi connectivity index (χ4n) is 8.90. The summed E-state index contributed by atoms with van der Waals surface area (Å²) in [5.74, 6) is 0. The summed E-state index contributed by atoms with van der Waals surface area (Å²) in [7, 11) is 0. The van der Waals surface area contributed by atoms with Gasteiger partial charge in [-0.3, -0.25) is 0 Å². The number of aromatic nitrogens is 6. The summed E-state index contributed by atoms with van der Waals surface area (Å²) < 4.78 is 43.9. The quantitative estimate of drug-likeness (QED) is 0.141. The summed E-state index contributed by atoms with van der Waals surface area (Å²) in [6.45, 7) is 3.77. The minimum absolute atomic E-state index is 0. The van der Waals surface area contributed by atoms with E-state index in [1.54, 1.807) is 30.3 Å². The molecule has 6 heterocycles. The predicted molar refractivity (Wildman–Crippen MR) is 370 cm³/mol. The van der Waals surface area contributed by atoms with Gasteiger partial charge in [0.2, 0.25) is 0 Å². The van der Waals surface area contributed by atoms with Crippen molar-refractivity contribution in [2.45, 2.75) is 41.4 Å². The number of hydrogen-bond acceptors (Lipinski definition) is 6. The molecule has 6 nitrogen and oxygen atoms in total. The molecule has 0 atom stereocenters. The van der Waals surface area contributed by atoms with Crippen LogP contribution >= 0.6 is 0 Å². The molecular formula is C84H68Ir2N6. The maximum Gasteiger partial charge on any atom is 3.00 e. The monoisotopic (exact) mass is 1550 g/mol. The van der Waals surface area contributed by atoms with Crippen molar-refractivity contribution >= 4 is 0 Å². The Kier molecular flexibility index (Phi) is 24.6. The molecule has 0 aliphatic carbocycles. The number of nitrogens with zero attached hydrogens (tertiary/aromatic N) is 6. The third kappa shape index (κ3) is 22.2. The molecule has 8 heteroatoms. The van der Waals surface area contributed by atoms with Crippen LogP contribution in [0.5, 0.6) is 0 Å². The summed E-state index contributed by atoms with van der Waals surface area (Å²) in [5.41, 5.74) is 20.4. The van der Waals surface area contributed by atoms with Gasteiger partial charge in [-0.05, 0) is 111 Å². The molecule has 0 unspecified atom stereocenters. The number of pyridine rings is 6. The van der Waals surface area contributed by atoms with Gasteiger partial charge in [0.25, 0.3) is 0 Å². The molecule has 0 fully saturated rings. The van der Waals surface area contributed by atoms with Crippen molar-refractivity contribution in [3.05, 3.63) is 374 Å². The van der Waals surface area contributed by atoms with E-state index in [-0.39, 0.29) is 51.5 Å². The van der Waals surface area contributed by atoms with E-state index < -0.39 is 13.7 Å². The molecular weight excluding hydrogens is 1480 g/mol. The Labute approximate surface area is 579 Å². The van der Waals surface area contributed by atoms with E-state index in [0.717, 1.165) is 84.4 Å². The van der Waals surface area contributed by atoms with Crippen LogP contribution in [0.1, 0.15) is 42.1 Å².